The van der Waals surface area contributed by atoms with Crippen LogP contribution in [0.4, 0.5) is 5.82 Å². The highest BCUT2D eigenvalue weighted by molar-refractivity contribution is 5.55. The van der Waals surface area contributed by atoms with Crippen molar-refractivity contribution in [1.29, 1.82) is 5.26 Å². The van der Waals surface area contributed by atoms with Gasteiger partial charge in [-0.2, -0.15) is 5.26 Å². The Morgan fingerprint density at radius 2 is 2.22 bits per heavy atom. The molecule has 4 nitrogen and oxygen atoms in total. The van der Waals surface area contributed by atoms with E-state index < -0.39 is 5.60 Å². The van der Waals surface area contributed by atoms with E-state index in [9.17, 15) is 5.11 Å². The van der Waals surface area contributed by atoms with Crippen LogP contribution in [0.3, 0.4) is 0 Å². The second-order valence-electron chi connectivity index (χ2n) is 5.41. The summed E-state index contributed by atoms with van der Waals surface area (Å²) in [6.45, 7) is 8.19. The van der Waals surface area contributed by atoms with E-state index in [1.54, 1.807) is 19.2 Å². The molecule has 0 saturated heterocycles. The Morgan fingerprint density at radius 1 is 1.56 bits per heavy atom. The molecule has 0 spiro atoms. The van der Waals surface area contributed by atoms with Crippen molar-refractivity contribution in [2.75, 3.05) is 11.9 Å². The smallest absolute Gasteiger partial charge is 0.144 e. The van der Waals surface area contributed by atoms with Gasteiger partial charge in [0.25, 0.3) is 0 Å². The van der Waals surface area contributed by atoms with Crippen LogP contribution >= 0.6 is 0 Å². The molecule has 0 bridgehead atoms. The number of aryl methyl sites for hydroxylation is 1. The SMILES string of the molecule is Cc1ccnc(NCC(C)(O)CC(C)C)c1C#N. The summed E-state index contributed by atoms with van der Waals surface area (Å²) in [5.74, 6) is 0.962. The van der Waals surface area contributed by atoms with Crippen molar-refractivity contribution in [3.8, 4) is 6.07 Å². The topological polar surface area (TPSA) is 68.9 Å². The van der Waals surface area contributed by atoms with Gasteiger partial charge in [0.1, 0.15) is 11.9 Å². The molecule has 0 aliphatic carbocycles. The van der Waals surface area contributed by atoms with Crippen LogP contribution < -0.4 is 5.32 Å². The van der Waals surface area contributed by atoms with E-state index in [0.717, 1.165) is 5.56 Å². The van der Waals surface area contributed by atoms with Crippen LogP contribution in [0.25, 0.3) is 0 Å². The molecular formula is C14H21N3O. The maximum absolute atomic E-state index is 10.2. The van der Waals surface area contributed by atoms with Gasteiger partial charge < -0.3 is 10.4 Å². The first-order valence-corrected chi connectivity index (χ1v) is 6.17. The van der Waals surface area contributed by atoms with Gasteiger partial charge >= 0.3 is 0 Å². The Morgan fingerprint density at radius 3 is 2.78 bits per heavy atom. The number of rotatable bonds is 5. The van der Waals surface area contributed by atoms with Gasteiger partial charge in [-0.3, -0.25) is 0 Å². The van der Waals surface area contributed by atoms with Crippen LogP contribution in [0.5, 0.6) is 0 Å². The van der Waals surface area contributed by atoms with E-state index in [1.807, 2.05) is 6.92 Å². The maximum Gasteiger partial charge on any atom is 0.144 e. The van der Waals surface area contributed by atoms with Gasteiger partial charge in [-0.1, -0.05) is 13.8 Å². The fourth-order valence-electron chi connectivity index (χ4n) is 2.06. The van der Waals surface area contributed by atoms with Crippen molar-refractivity contribution in [1.82, 2.24) is 4.98 Å². The van der Waals surface area contributed by atoms with Gasteiger partial charge in [0.05, 0.1) is 11.2 Å². The monoisotopic (exact) mass is 247 g/mol. The molecular weight excluding hydrogens is 226 g/mol. The highest BCUT2D eigenvalue weighted by Gasteiger charge is 2.22. The van der Waals surface area contributed by atoms with Crippen LogP contribution in [0.1, 0.15) is 38.3 Å². The van der Waals surface area contributed by atoms with Gasteiger partial charge in [0, 0.05) is 12.7 Å². The third-order valence-corrected chi connectivity index (χ3v) is 2.76. The largest absolute Gasteiger partial charge is 0.388 e. The lowest BCUT2D eigenvalue weighted by molar-refractivity contribution is 0.0515. The summed E-state index contributed by atoms with van der Waals surface area (Å²) >= 11 is 0. The van der Waals surface area contributed by atoms with Gasteiger partial charge in [-0.25, -0.2) is 4.98 Å². The predicted molar refractivity (Wildman–Crippen MR) is 72.3 cm³/mol. The molecule has 1 heterocycles. The minimum absolute atomic E-state index is 0.385. The van der Waals surface area contributed by atoms with Crippen molar-refractivity contribution in [2.24, 2.45) is 5.92 Å². The summed E-state index contributed by atoms with van der Waals surface area (Å²) in [7, 11) is 0. The van der Waals surface area contributed by atoms with Crippen LogP contribution in [0.15, 0.2) is 12.3 Å². The van der Waals surface area contributed by atoms with E-state index in [0.29, 0.717) is 30.3 Å². The van der Waals surface area contributed by atoms with Crippen molar-refractivity contribution in [2.45, 2.75) is 39.7 Å². The molecule has 0 radical (unpaired) electrons. The quantitative estimate of drug-likeness (QED) is 0.838. The first kappa shape index (κ1) is 14.5. The average Bonchev–Trinajstić information content (AvgIpc) is 2.24. The minimum Gasteiger partial charge on any atom is -0.388 e. The zero-order valence-electron chi connectivity index (χ0n) is 11.5. The van der Waals surface area contributed by atoms with E-state index in [1.165, 1.54) is 0 Å². The molecule has 1 unspecified atom stereocenters. The van der Waals surface area contributed by atoms with Crippen LogP contribution in [0, 0.1) is 24.2 Å². The van der Waals surface area contributed by atoms with Crippen molar-refractivity contribution in [3.05, 3.63) is 23.4 Å². The molecule has 0 amide bonds. The van der Waals surface area contributed by atoms with Gasteiger partial charge in [-0.05, 0) is 37.8 Å². The molecule has 0 aliphatic heterocycles. The van der Waals surface area contributed by atoms with Crippen LogP contribution in [-0.2, 0) is 0 Å². The van der Waals surface area contributed by atoms with E-state index in [2.05, 4.69) is 30.2 Å². The summed E-state index contributed by atoms with van der Waals surface area (Å²) in [6.07, 6.45) is 2.36. The summed E-state index contributed by atoms with van der Waals surface area (Å²) in [5, 5.41) is 22.4. The van der Waals surface area contributed by atoms with Crippen LogP contribution in [-0.4, -0.2) is 22.2 Å². The predicted octanol–water partition coefficient (Wildman–Crippen LogP) is 2.47. The van der Waals surface area contributed by atoms with Crippen LogP contribution in [0.2, 0.25) is 0 Å². The number of hydrogen-bond donors (Lipinski definition) is 2. The van der Waals surface area contributed by atoms with Gasteiger partial charge in [0.2, 0.25) is 0 Å². The van der Waals surface area contributed by atoms with E-state index in [-0.39, 0.29) is 0 Å². The summed E-state index contributed by atoms with van der Waals surface area (Å²) in [6, 6.07) is 3.94. The molecule has 1 rings (SSSR count). The fraction of sp³-hybridized carbons (Fsp3) is 0.571. The molecule has 1 atom stereocenters. The van der Waals surface area contributed by atoms with Crippen molar-refractivity contribution >= 4 is 5.82 Å². The first-order chi connectivity index (χ1) is 8.35. The van der Waals surface area contributed by atoms with E-state index >= 15 is 0 Å². The second kappa shape index (κ2) is 5.83. The molecule has 0 aliphatic rings. The third kappa shape index (κ3) is 4.01. The zero-order valence-corrected chi connectivity index (χ0v) is 11.5. The molecule has 18 heavy (non-hydrogen) atoms. The fourth-order valence-corrected chi connectivity index (χ4v) is 2.06. The number of hydrogen-bond acceptors (Lipinski definition) is 4. The normalized spacial score (nSPS) is 14.1. The number of aromatic nitrogens is 1. The summed E-state index contributed by atoms with van der Waals surface area (Å²) < 4.78 is 0. The lowest BCUT2D eigenvalue weighted by Crippen LogP contribution is -2.35. The lowest BCUT2D eigenvalue weighted by Gasteiger charge is -2.26. The number of anilines is 1. The zero-order chi connectivity index (χ0) is 13.8. The Bertz CT molecular complexity index is 447. The number of nitrogens with one attached hydrogen (secondary N) is 1. The Kier molecular flexibility index (Phi) is 4.69. The molecule has 0 aromatic carbocycles. The molecule has 98 valence electrons. The van der Waals surface area contributed by atoms with Crippen molar-refractivity contribution in [3.63, 3.8) is 0 Å². The second-order valence-corrected chi connectivity index (χ2v) is 5.41. The van der Waals surface area contributed by atoms with Gasteiger partial charge in [0.15, 0.2) is 0 Å². The van der Waals surface area contributed by atoms with Gasteiger partial charge in [-0.15, -0.1) is 0 Å². The number of nitrogens with zero attached hydrogens (tertiary/aromatic N) is 2. The number of pyridine rings is 1. The average molecular weight is 247 g/mol. The highest BCUT2D eigenvalue weighted by Crippen LogP contribution is 2.19. The minimum atomic E-state index is -0.799. The third-order valence-electron chi connectivity index (χ3n) is 2.76. The van der Waals surface area contributed by atoms with Crippen molar-refractivity contribution < 1.29 is 5.11 Å². The Hall–Kier alpha value is -1.60. The molecule has 0 fully saturated rings. The van der Waals surface area contributed by atoms with E-state index in [4.69, 9.17) is 5.26 Å². The first-order valence-electron chi connectivity index (χ1n) is 6.17. The molecule has 0 saturated carbocycles. The molecule has 1 aromatic heterocycles. The Balaban J connectivity index is 2.75. The summed E-state index contributed by atoms with van der Waals surface area (Å²) in [5.41, 5.74) is 0.628. The lowest BCUT2D eigenvalue weighted by atomic mass is 9.94. The maximum atomic E-state index is 10.2. The molecule has 1 aromatic rings. The Labute approximate surface area is 109 Å². The molecule has 2 N–H and O–H groups in total. The molecule has 4 heteroatoms. The number of aliphatic hydroxyl groups is 1. The standard InChI is InChI=1S/C14H21N3O/c1-10(2)7-14(4,18)9-17-13-12(8-15)11(3)5-6-16-13/h5-6,10,18H,7,9H2,1-4H3,(H,16,17). The number of nitriles is 1. The highest BCUT2D eigenvalue weighted by atomic mass is 16.3. The summed E-state index contributed by atoms with van der Waals surface area (Å²) in [4.78, 5) is 4.15.